The van der Waals surface area contributed by atoms with Crippen molar-refractivity contribution < 1.29 is 14.7 Å². The van der Waals surface area contributed by atoms with Gasteiger partial charge in [-0.15, -0.1) is 0 Å². The van der Waals surface area contributed by atoms with Gasteiger partial charge in [0.15, 0.2) is 0 Å². The fourth-order valence-electron chi connectivity index (χ4n) is 2.79. The van der Waals surface area contributed by atoms with E-state index in [2.05, 4.69) is 0 Å². The van der Waals surface area contributed by atoms with Gasteiger partial charge < -0.3 is 14.8 Å². The number of fused-ring (bicyclic) bond motifs is 1. The molecule has 3 atom stereocenters. The number of halogens is 2. The number of rotatable bonds is 2. The van der Waals surface area contributed by atoms with Gasteiger partial charge in [0.1, 0.15) is 0 Å². The molecule has 0 radical (unpaired) electrons. The predicted octanol–water partition coefficient (Wildman–Crippen LogP) is 1.20. The number of aliphatic carboxylic acids is 1. The highest BCUT2D eigenvalue weighted by molar-refractivity contribution is 6.36. The fraction of sp³-hybridized carbons (Fsp3) is 0.385. The van der Waals surface area contributed by atoms with Gasteiger partial charge in [0.05, 0.1) is 22.6 Å². The van der Waals surface area contributed by atoms with Crippen molar-refractivity contribution in [1.82, 2.24) is 4.90 Å². The molecule has 0 unspecified atom stereocenters. The van der Waals surface area contributed by atoms with Crippen LogP contribution in [0.4, 0.5) is 0 Å². The fourth-order valence-corrected chi connectivity index (χ4v) is 3.28. The van der Waals surface area contributed by atoms with Gasteiger partial charge in [-0.3, -0.25) is 4.79 Å². The Kier molecular flexibility index (Phi) is 2.95. The van der Waals surface area contributed by atoms with Crippen LogP contribution in [0.15, 0.2) is 18.2 Å². The van der Waals surface area contributed by atoms with E-state index in [4.69, 9.17) is 23.2 Å². The number of carboxylic acid groups (broad SMARTS) is 1. The molecule has 0 aromatic heterocycles. The van der Waals surface area contributed by atoms with E-state index >= 15 is 0 Å². The largest absolute Gasteiger partial charge is 0.548 e. The van der Waals surface area contributed by atoms with E-state index in [0.717, 1.165) is 6.42 Å². The number of carbonyl (C=O) groups excluding carboxylic acids is 2. The molecule has 2 aliphatic rings. The minimum atomic E-state index is -1.19. The molecule has 19 heavy (non-hydrogen) atoms. The van der Waals surface area contributed by atoms with Crippen LogP contribution in [0.5, 0.6) is 0 Å². The quantitative estimate of drug-likeness (QED) is 0.824. The molecule has 1 aromatic carbocycles. The highest BCUT2D eigenvalue weighted by Gasteiger charge is 2.54. The number of hydrogen-bond donors (Lipinski definition) is 0. The first-order valence-electron chi connectivity index (χ1n) is 5.96. The summed E-state index contributed by atoms with van der Waals surface area (Å²) in [4.78, 5) is 24.9. The molecule has 1 saturated heterocycles. The van der Waals surface area contributed by atoms with Gasteiger partial charge in [-0.1, -0.05) is 23.2 Å². The SMILES string of the molecule is O=C([O-])[C@H]1[C@@H]2C[C@@H]2CN1C(=O)c1ccc(Cl)cc1Cl. The Morgan fingerprint density at radius 3 is 2.68 bits per heavy atom. The first-order chi connectivity index (χ1) is 8.99. The molecule has 3 rings (SSSR count). The molecule has 1 aliphatic heterocycles. The minimum absolute atomic E-state index is 0.0417. The zero-order valence-corrected chi connectivity index (χ0v) is 11.3. The van der Waals surface area contributed by atoms with Crippen LogP contribution in [-0.2, 0) is 4.79 Å². The molecule has 1 aromatic rings. The van der Waals surface area contributed by atoms with Crippen LogP contribution in [0.1, 0.15) is 16.8 Å². The van der Waals surface area contributed by atoms with Crippen LogP contribution in [0.25, 0.3) is 0 Å². The Labute approximate surface area is 119 Å². The molecule has 6 heteroatoms. The van der Waals surface area contributed by atoms with E-state index in [1.165, 1.54) is 17.0 Å². The standard InChI is InChI=1S/C13H11Cl2NO3/c14-7-1-2-8(10(15)4-7)12(17)16-5-6-3-9(6)11(16)13(18)19/h1-2,4,6,9,11H,3,5H2,(H,18,19)/p-1/t6-,9-,11-/m1/s1. The van der Waals surface area contributed by atoms with Crippen LogP contribution in [0.3, 0.4) is 0 Å². The maximum atomic E-state index is 12.4. The lowest BCUT2D eigenvalue weighted by Crippen LogP contribution is -2.49. The van der Waals surface area contributed by atoms with E-state index in [1.807, 2.05) is 0 Å². The van der Waals surface area contributed by atoms with Gasteiger partial charge >= 0.3 is 0 Å². The first-order valence-corrected chi connectivity index (χ1v) is 6.71. The van der Waals surface area contributed by atoms with E-state index in [0.29, 0.717) is 11.6 Å². The van der Waals surface area contributed by atoms with Crippen molar-refractivity contribution in [2.75, 3.05) is 6.54 Å². The Bertz CT molecular complexity index is 575. The summed E-state index contributed by atoms with van der Waals surface area (Å²) >= 11 is 11.8. The summed E-state index contributed by atoms with van der Waals surface area (Å²) in [6.07, 6.45) is 0.858. The summed E-state index contributed by atoms with van der Waals surface area (Å²) < 4.78 is 0. The van der Waals surface area contributed by atoms with Gasteiger partial charge in [-0.05, 0) is 36.5 Å². The van der Waals surface area contributed by atoms with Crippen molar-refractivity contribution in [3.63, 3.8) is 0 Å². The summed E-state index contributed by atoms with van der Waals surface area (Å²) in [5.74, 6) is -1.23. The summed E-state index contributed by atoms with van der Waals surface area (Å²) in [7, 11) is 0. The summed E-state index contributed by atoms with van der Waals surface area (Å²) in [6.45, 7) is 0.459. The average Bonchev–Trinajstić information content (AvgIpc) is 2.98. The zero-order valence-electron chi connectivity index (χ0n) is 9.81. The number of nitrogens with zero attached hydrogens (tertiary/aromatic N) is 1. The van der Waals surface area contributed by atoms with Crippen molar-refractivity contribution in [1.29, 1.82) is 0 Å². The Morgan fingerprint density at radius 2 is 2.05 bits per heavy atom. The average molecular weight is 299 g/mol. The zero-order chi connectivity index (χ0) is 13.7. The molecule has 1 aliphatic carbocycles. The molecule has 0 bridgehead atoms. The monoisotopic (exact) mass is 298 g/mol. The van der Waals surface area contributed by atoms with Crippen LogP contribution >= 0.6 is 23.2 Å². The summed E-state index contributed by atoms with van der Waals surface area (Å²) in [5.41, 5.74) is 0.276. The highest BCUT2D eigenvalue weighted by Crippen LogP contribution is 2.49. The number of hydrogen-bond acceptors (Lipinski definition) is 3. The second-order valence-corrected chi connectivity index (χ2v) is 5.85. The second-order valence-electron chi connectivity index (χ2n) is 5.01. The van der Waals surface area contributed by atoms with Crippen molar-refractivity contribution >= 4 is 35.1 Å². The van der Waals surface area contributed by atoms with Crippen molar-refractivity contribution in [3.05, 3.63) is 33.8 Å². The smallest absolute Gasteiger partial charge is 0.255 e. The molecule has 4 nitrogen and oxygen atoms in total. The number of likely N-dealkylation sites (tertiary alicyclic amines) is 1. The van der Waals surface area contributed by atoms with Crippen LogP contribution < -0.4 is 5.11 Å². The lowest BCUT2D eigenvalue weighted by molar-refractivity contribution is -0.310. The Hall–Kier alpha value is -1.26. The topological polar surface area (TPSA) is 60.4 Å². The molecule has 1 heterocycles. The van der Waals surface area contributed by atoms with E-state index < -0.39 is 12.0 Å². The third-order valence-corrected chi connectivity index (χ3v) is 4.36. The van der Waals surface area contributed by atoms with E-state index in [-0.39, 0.29) is 28.3 Å². The van der Waals surface area contributed by atoms with Crippen molar-refractivity contribution in [3.8, 4) is 0 Å². The number of carbonyl (C=O) groups is 2. The van der Waals surface area contributed by atoms with E-state index in [1.54, 1.807) is 6.07 Å². The summed E-state index contributed by atoms with van der Waals surface area (Å²) in [6, 6.07) is 3.72. The van der Waals surface area contributed by atoms with Gasteiger partial charge in [0.25, 0.3) is 5.91 Å². The number of piperidine rings is 1. The normalized spacial score (nSPS) is 28.1. The number of carboxylic acids is 1. The maximum Gasteiger partial charge on any atom is 0.255 e. The molecule has 100 valence electrons. The number of benzene rings is 1. The minimum Gasteiger partial charge on any atom is -0.548 e. The predicted molar refractivity (Wildman–Crippen MR) is 67.9 cm³/mol. The lowest BCUT2D eigenvalue weighted by atomic mass is 10.1. The molecule has 1 saturated carbocycles. The van der Waals surface area contributed by atoms with Gasteiger partial charge in [0, 0.05) is 11.6 Å². The molecular formula is C13H10Cl2NO3-. The third-order valence-electron chi connectivity index (χ3n) is 3.81. The number of amides is 1. The molecule has 2 fully saturated rings. The molecular weight excluding hydrogens is 289 g/mol. The van der Waals surface area contributed by atoms with Gasteiger partial charge in [-0.25, -0.2) is 0 Å². The summed E-state index contributed by atoms with van der Waals surface area (Å²) in [5, 5.41) is 11.8. The second kappa shape index (κ2) is 4.39. The van der Waals surface area contributed by atoms with Crippen LogP contribution in [-0.4, -0.2) is 29.4 Å². The van der Waals surface area contributed by atoms with Crippen LogP contribution in [0.2, 0.25) is 10.0 Å². The van der Waals surface area contributed by atoms with Gasteiger partial charge in [0.2, 0.25) is 0 Å². The Morgan fingerprint density at radius 1 is 1.32 bits per heavy atom. The van der Waals surface area contributed by atoms with Gasteiger partial charge in [-0.2, -0.15) is 0 Å². The van der Waals surface area contributed by atoms with Crippen molar-refractivity contribution in [2.45, 2.75) is 12.5 Å². The van der Waals surface area contributed by atoms with Crippen LogP contribution in [0, 0.1) is 11.8 Å². The Balaban J connectivity index is 1.89. The van der Waals surface area contributed by atoms with E-state index in [9.17, 15) is 14.7 Å². The molecule has 0 spiro atoms. The highest BCUT2D eigenvalue weighted by atomic mass is 35.5. The maximum absolute atomic E-state index is 12.4. The molecule has 0 N–H and O–H groups in total. The lowest BCUT2D eigenvalue weighted by Gasteiger charge is -2.28. The molecule has 1 amide bonds. The third kappa shape index (κ3) is 2.09. The van der Waals surface area contributed by atoms with Crippen molar-refractivity contribution in [2.24, 2.45) is 11.8 Å². The first kappa shape index (κ1) is 12.8.